The summed E-state index contributed by atoms with van der Waals surface area (Å²) in [6, 6.07) is 3.57. The zero-order valence-electron chi connectivity index (χ0n) is 14.8. The third-order valence-electron chi connectivity index (χ3n) is 2.56. The molecule has 0 saturated carbocycles. The fraction of sp³-hybridized carbons (Fsp3) is 0.357. The van der Waals surface area contributed by atoms with Crippen LogP contribution in [0.25, 0.3) is 0 Å². The first kappa shape index (κ1) is 27.7. The van der Waals surface area contributed by atoms with Crippen LogP contribution in [0.3, 0.4) is 0 Å². The molecule has 0 radical (unpaired) electrons. The topological polar surface area (TPSA) is 254 Å². The number of benzene rings is 1. The highest BCUT2D eigenvalue weighted by molar-refractivity contribution is 7.49. The predicted octanol–water partition coefficient (Wildman–Crippen LogP) is -1.48. The Morgan fingerprint density at radius 2 is 1.46 bits per heavy atom. The summed E-state index contributed by atoms with van der Waals surface area (Å²) in [5.74, 6) is -3.26. The number of carbonyl (C=O) groups is 3. The van der Waals surface area contributed by atoms with Gasteiger partial charge < -0.3 is 41.7 Å². The van der Waals surface area contributed by atoms with Gasteiger partial charge in [-0.05, 0) is 31.0 Å². The van der Waals surface area contributed by atoms with Crippen molar-refractivity contribution in [1.29, 1.82) is 0 Å². The van der Waals surface area contributed by atoms with E-state index >= 15 is 0 Å². The molecule has 0 amide bonds. The molecule has 14 heteroatoms. The minimum absolute atomic E-state index is 0.0311. The van der Waals surface area contributed by atoms with E-state index in [-0.39, 0.29) is 18.7 Å². The summed E-state index contributed by atoms with van der Waals surface area (Å²) in [5, 5.41) is 35.0. The molecule has 1 aromatic rings. The van der Waals surface area contributed by atoms with Gasteiger partial charge >= 0.3 is 25.7 Å². The normalized spacial score (nSPS) is 12.3. The zero-order valence-corrected chi connectivity index (χ0v) is 15.7. The fourth-order valence-corrected chi connectivity index (χ4v) is 1.87. The molecular weight excluding hydrogens is 401 g/mol. The summed E-state index contributed by atoms with van der Waals surface area (Å²) in [6.07, 6.45) is -0.0965. The summed E-state index contributed by atoms with van der Waals surface area (Å²) < 4.78 is 10.7. The van der Waals surface area contributed by atoms with Gasteiger partial charge in [-0.2, -0.15) is 0 Å². The van der Waals surface area contributed by atoms with E-state index in [9.17, 15) is 18.9 Å². The Hall–Kier alpha value is -2.54. The lowest BCUT2D eigenvalue weighted by Gasteiger charge is -2.15. The highest BCUT2D eigenvalue weighted by Gasteiger charge is 2.25. The number of aliphatic carboxylic acids is 3. The molecule has 0 spiro atoms. The third kappa shape index (κ3) is 16.9. The van der Waals surface area contributed by atoms with E-state index in [2.05, 4.69) is 5.73 Å². The smallest absolute Gasteiger partial charge is 0.401 e. The predicted molar refractivity (Wildman–Crippen MR) is 96.4 cm³/mol. The molecule has 13 nitrogen and oxygen atoms in total. The van der Waals surface area contributed by atoms with Crippen molar-refractivity contribution < 1.29 is 49.2 Å². The Labute approximate surface area is 159 Å². The standard InChI is InChI=1S/C9H12NO6P.C3H7NO2.C2H5NO2/c11-7-3-1-6(2-4-7)5-8(9(12)13)10-17(14,15)16;1-2(4)3(5)6;3-1-2(4)5/h1-4,8,11H,5H2,(H,12,13)(H3,10,14,15,16);2H,4H2,1H3,(H,5,6);1,3H2,(H,4,5)/t8-;2-;/m00./s1. The molecule has 2 atom stereocenters. The lowest BCUT2D eigenvalue weighted by molar-refractivity contribution is -0.139. The maximum absolute atomic E-state index is 10.8. The molecule has 11 N–H and O–H groups in total. The summed E-state index contributed by atoms with van der Waals surface area (Å²) in [6.45, 7) is 1.14. The van der Waals surface area contributed by atoms with E-state index in [0.29, 0.717) is 5.56 Å². The van der Waals surface area contributed by atoms with Crippen LogP contribution in [0.2, 0.25) is 0 Å². The lowest BCUT2D eigenvalue weighted by atomic mass is 10.1. The van der Waals surface area contributed by atoms with Gasteiger partial charge in [-0.25, -0.2) is 9.65 Å². The summed E-state index contributed by atoms with van der Waals surface area (Å²) >= 11 is 0. The van der Waals surface area contributed by atoms with Crippen LogP contribution in [0.1, 0.15) is 12.5 Å². The van der Waals surface area contributed by atoms with E-state index in [1.54, 1.807) is 5.09 Å². The first-order valence-electron chi connectivity index (χ1n) is 7.43. The average Bonchev–Trinajstić information content (AvgIpc) is 2.56. The number of hydrogen-bond donors (Lipinski definition) is 9. The van der Waals surface area contributed by atoms with Crippen molar-refractivity contribution in [2.24, 2.45) is 11.5 Å². The SMILES string of the molecule is C[C@H](N)C(=O)O.NCC(=O)O.O=C(O)[C@H](Cc1ccc(O)cc1)NP(=O)(O)O. The van der Waals surface area contributed by atoms with Crippen molar-refractivity contribution in [1.82, 2.24) is 5.09 Å². The van der Waals surface area contributed by atoms with E-state index in [1.165, 1.54) is 31.2 Å². The molecule has 0 fully saturated rings. The first-order chi connectivity index (χ1) is 12.7. The number of carboxylic acids is 3. The maximum Gasteiger partial charge on any atom is 0.401 e. The van der Waals surface area contributed by atoms with E-state index in [0.717, 1.165) is 0 Å². The van der Waals surface area contributed by atoms with Gasteiger partial charge in [-0.3, -0.25) is 14.4 Å². The zero-order chi connectivity index (χ0) is 22.5. The Morgan fingerprint density at radius 3 is 1.71 bits per heavy atom. The number of nitrogens with two attached hydrogens (primary N) is 2. The Bertz CT molecular complexity index is 674. The van der Waals surface area contributed by atoms with Crippen molar-refractivity contribution in [2.75, 3.05) is 6.54 Å². The minimum Gasteiger partial charge on any atom is -0.508 e. The van der Waals surface area contributed by atoms with Gasteiger partial charge in [0.15, 0.2) is 0 Å². The second-order valence-electron chi connectivity index (χ2n) is 5.16. The van der Waals surface area contributed by atoms with Crippen molar-refractivity contribution >= 4 is 25.7 Å². The van der Waals surface area contributed by atoms with Gasteiger partial charge in [0.05, 0.1) is 6.54 Å². The van der Waals surface area contributed by atoms with Crippen molar-refractivity contribution in [3.05, 3.63) is 29.8 Å². The quantitative estimate of drug-likeness (QED) is 0.226. The molecule has 0 heterocycles. The van der Waals surface area contributed by atoms with Crippen molar-refractivity contribution in [3.8, 4) is 5.75 Å². The van der Waals surface area contributed by atoms with E-state index < -0.39 is 37.7 Å². The Balaban J connectivity index is 0. The van der Waals surface area contributed by atoms with Crippen molar-refractivity contribution in [3.63, 3.8) is 0 Å². The molecule has 28 heavy (non-hydrogen) atoms. The molecular formula is C14H24N3O10P. The highest BCUT2D eigenvalue weighted by Crippen LogP contribution is 2.29. The van der Waals surface area contributed by atoms with Gasteiger partial charge in [0.2, 0.25) is 0 Å². The Morgan fingerprint density at radius 1 is 1.07 bits per heavy atom. The third-order valence-corrected chi connectivity index (χ3v) is 3.21. The summed E-state index contributed by atoms with van der Waals surface area (Å²) in [4.78, 5) is 46.9. The summed E-state index contributed by atoms with van der Waals surface area (Å²) in [5.41, 5.74) is 9.95. The first-order valence-corrected chi connectivity index (χ1v) is 9.05. The molecule has 1 rings (SSSR count). The lowest BCUT2D eigenvalue weighted by Crippen LogP contribution is -2.36. The molecule has 0 aliphatic rings. The van der Waals surface area contributed by atoms with Crippen LogP contribution in [0.4, 0.5) is 0 Å². The molecule has 0 aliphatic heterocycles. The number of aromatic hydroxyl groups is 1. The molecule has 0 bridgehead atoms. The van der Waals surface area contributed by atoms with Crippen LogP contribution < -0.4 is 16.6 Å². The van der Waals surface area contributed by atoms with Gasteiger partial charge in [-0.1, -0.05) is 12.1 Å². The van der Waals surface area contributed by atoms with Crippen LogP contribution >= 0.6 is 7.75 Å². The number of phenols is 1. The number of hydrogen-bond acceptors (Lipinski definition) is 7. The van der Waals surface area contributed by atoms with Crippen LogP contribution in [0.5, 0.6) is 5.75 Å². The van der Waals surface area contributed by atoms with Gasteiger partial charge in [0.25, 0.3) is 0 Å². The van der Waals surface area contributed by atoms with Crippen LogP contribution in [0, 0.1) is 0 Å². The van der Waals surface area contributed by atoms with Crippen LogP contribution in [0.15, 0.2) is 24.3 Å². The monoisotopic (exact) mass is 425 g/mol. The second-order valence-corrected chi connectivity index (χ2v) is 6.51. The number of rotatable bonds is 7. The van der Waals surface area contributed by atoms with Gasteiger partial charge in [0, 0.05) is 0 Å². The number of nitrogens with one attached hydrogen (secondary N) is 1. The van der Waals surface area contributed by atoms with Crippen LogP contribution in [-0.2, 0) is 25.4 Å². The molecule has 0 aliphatic carbocycles. The Kier molecular flexibility index (Phi) is 13.4. The van der Waals surface area contributed by atoms with E-state index in [4.69, 9.17) is 35.9 Å². The second kappa shape index (κ2) is 13.6. The minimum atomic E-state index is -4.60. The molecule has 1 aromatic carbocycles. The average molecular weight is 425 g/mol. The largest absolute Gasteiger partial charge is 0.508 e. The van der Waals surface area contributed by atoms with Crippen molar-refractivity contribution in [2.45, 2.75) is 25.4 Å². The van der Waals surface area contributed by atoms with Crippen LogP contribution in [-0.4, -0.2) is 66.7 Å². The molecule has 0 aromatic heterocycles. The maximum atomic E-state index is 10.8. The molecule has 0 saturated heterocycles. The highest BCUT2D eigenvalue weighted by atomic mass is 31.2. The molecule has 160 valence electrons. The van der Waals surface area contributed by atoms with Gasteiger partial charge in [0.1, 0.15) is 17.8 Å². The molecule has 0 unspecified atom stereocenters. The van der Waals surface area contributed by atoms with E-state index in [1.807, 2.05) is 0 Å². The number of carboxylic acid groups (broad SMARTS) is 3. The fourth-order valence-electron chi connectivity index (χ4n) is 1.26. The number of phenolic OH excluding ortho intramolecular Hbond substituents is 1. The summed E-state index contributed by atoms with van der Waals surface area (Å²) in [7, 11) is -4.60. The van der Waals surface area contributed by atoms with Gasteiger partial charge in [-0.15, -0.1) is 0 Å².